The first-order valence-electron chi connectivity index (χ1n) is 7.91. The van der Waals surface area contributed by atoms with E-state index in [1.54, 1.807) is 29.2 Å². The third-order valence-electron chi connectivity index (χ3n) is 5.04. The summed E-state index contributed by atoms with van der Waals surface area (Å²) < 4.78 is 0. The van der Waals surface area contributed by atoms with Crippen LogP contribution in [0.1, 0.15) is 17.3 Å². The largest absolute Gasteiger partial charge is 0.481 e. The number of likely N-dealkylation sites (tertiary alicyclic amines) is 2. The summed E-state index contributed by atoms with van der Waals surface area (Å²) in [5.41, 5.74) is 0.296. The molecular weight excluding hydrogens is 310 g/mol. The lowest BCUT2D eigenvalue weighted by Crippen LogP contribution is -2.42. The number of carbonyl (C=O) groups excluding carboxylic acids is 2. The molecule has 0 bridgehead atoms. The second-order valence-electron chi connectivity index (χ2n) is 6.80. The highest BCUT2D eigenvalue weighted by Crippen LogP contribution is 2.42. The van der Waals surface area contributed by atoms with Crippen molar-refractivity contribution in [2.24, 2.45) is 11.3 Å². The SMILES string of the molecule is CC(=O)c1ccc(NC(=O)N2C[C@H]3CN(C)C[C@@]3(C(=O)O)C2)cc1. The third kappa shape index (κ3) is 2.75. The molecule has 3 rings (SSSR count). The zero-order valence-electron chi connectivity index (χ0n) is 13.8. The number of aliphatic carboxylic acids is 1. The van der Waals surface area contributed by atoms with Crippen LogP contribution >= 0.6 is 0 Å². The Labute approximate surface area is 140 Å². The number of fused-ring (bicyclic) bond motifs is 1. The Morgan fingerprint density at radius 1 is 1.17 bits per heavy atom. The van der Waals surface area contributed by atoms with Crippen LogP contribution in [0.3, 0.4) is 0 Å². The number of urea groups is 1. The Bertz CT molecular complexity index is 688. The molecule has 0 saturated carbocycles. The van der Waals surface area contributed by atoms with E-state index in [1.807, 2.05) is 11.9 Å². The molecule has 1 aromatic rings. The lowest BCUT2D eigenvalue weighted by molar-refractivity contribution is -0.148. The molecule has 2 N–H and O–H groups in total. The van der Waals surface area contributed by atoms with Gasteiger partial charge in [0.25, 0.3) is 0 Å². The summed E-state index contributed by atoms with van der Waals surface area (Å²) in [6.07, 6.45) is 0. The van der Waals surface area contributed by atoms with E-state index in [0.29, 0.717) is 30.9 Å². The maximum absolute atomic E-state index is 12.5. The molecule has 2 aliphatic heterocycles. The molecular formula is C17H21N3O4. The van der Waals surface area contributed by atoms with Gasteiger partial charge in [0.15, 0.2) is 5.78 Å². The summed E-state index contributed by atoms with van der Waals surface area (Å²) in [4.78, 5) is 39.1. The second-order valence-corrected chi connectivity index (χ2v) is 6.80. The Hall–Kier alpha value is -2.41. The van der Waals surface area contributed by atoms with Crippen molar-refractivity contribution in [2.75, 3.05) is 38.5 Å². The number of benzene rings is 1. The van der Waals surface area contributed by atoms with Gasteiger partial charge in [-0.15, -0.1) is 0 Å². The molecule has 128 valence electrons. The van der Waals surface area contributed by atoms with Crippen molar-refractivity contribution in [3.63, 3.8) is 0 Å². The molecule has 7 heteroatoms. The summed E-state index contributed by atoms with van der Waals surface area (Å²) in [6.45, 7) is 3.29. The number of amides is 2. The van der Waals surface area contributed by atoms with Crippen molar-refractivity contribution in [3.05, 3.63) is 29.8 Å². The number of hydrogen-bond donors (Lipinski definition) is 2. The zero-order chi connectivity index (χ0) is 17.5. The van der Waals surface area contributed by atoms with E-state index in [2.05, 4.69) is 5.32 Å². The van der Waals surface area contributed by atoms with E-state index in [9.17, 15) is 19.5 Å². The molecule has 7 nitrogen and oxygen atoms in total. The van der Waals surface area contributed by atoms with Crippen LogP contribution in [-0.4, -0.2) is 65.9 Å². The van der Waals surface area contributed by atoms with Crippen molar-refractivity contribution in [1.29, 1.82) is 0 Å². The molecule has 24 heavy (non-hydrogen) atoms. The molecule has 2 aliphatic rings. The van der Waals surface area contributed by atoms with E-state index >= 15 is 0 Å². The predicted molar refractivity (Wildman–Crippen MR) is 88.1 cm³/mol. The molecule has 0 radical (unpaired) electrons. The smallest absolute Gasteiger partial charge is 0.321 e. The summed E-state index contributed by atoms with van der Waals surface area (Å²) in [6, 6.07) is 6.36. The first-order valence-corrected chi connectivity index (χ1v) is 7.91. The minimum absolute atomic E-state index is 0.0345. The predicted octanol–water partition coefficient (Wildman–Crippen LogP) is 1.37. The highest BCUT2D eigenvalue weighted by Gasteiger charge is 2.57. The monoisotopic (exact) mass is 331 g/mol. The molecule has 1 aromatic carbocycles. The van der Waals surface area contributed by atoms with Crippen LogP contribution in [0.25, 0.3) is 0 Å². The second kappa shape index (κ2) is 5.90. The molecule has 2 saturated heterocycles. The highest BCUT2D eigenvalue weighted by atomic mass is 16.4. The number of rotatable bonds is 3. The Balaban J connectivity index is 1.69. The fourth-order valence-corrected chi connectivity index (χ4v) is 3.76. The summed E-state index contributed by atoms with van der Waals surface area (Å²) in [7, 11) is 1.91. The fraction of sp³-hybridized carbons (Fsp3) is 0.471. The molecule has 0 aliphatic carbocycles. The van der Waals surface area contributed by atoms with Gasteiger partial charge in [-0.2, -0.15) is 0 Å². The van der Waals surface area contributed by atoms with Gasteiger partial charge in [0.05, 0.1) is 0 Å². The van der Waals surface area contributed by atoms with Crippen LogP contribution in [0.15, 0.2) is 24.3 Å². The first kappa shape index (κ1) is 16.4. The Morgan fingerprint density at radius 2 is 1.83 bits per heavy atom. The van der Waals surface area contributed by atoms with Crippen LogP contribution in [0.5, 0.6) is 0 Å². The lowest BCUT2D eigenvalue weighted by Gasteiger charge is -2.24. The van der Waals surface area contributed by atoms with Crippen molar-refractivity contribution in [1.82, 2.24) is 9.80 Å². The average Bonchev–Trinajstić information content (AvgIpc) is 3.01. The standard InChI is InChI=1S/C17H21N3O4/c1-11(21)12-3-5-14(6-4-12)18-16(24)20-8-13-7-19(2)9-17(13,10-20)15(22)23/h3-6,13H,7-10H2,1-2H3,(H,18,24)(H,22,23)/t13-,17-/m1/s1. The molecule has 2 amide bonds. The average molecular weight is 331 g/mol. The van der Waals surface area contributed by atoms with Gasteiger partial charge in [-0.05, 0) is 38.2 Å². The number of anilines is 1. The van der Waals surface area contributed by atoms with Crippen LogP contribution in [0.2, 0.25) is 0 Å². The van der Waals surface area contributed by atoms with Crippen LogP contribution in [0, 0.1) is 11.3 Å². The number of Topliss-reactive ketones (excluding diaryl/α,β-unsaturated/α-hetero) is 1. The lowest BCUT2D eigenvalue weighted by atomic mass is 9.81. The van der Waals surface area contributed by atoms with E-state index in [0.717, 1.165) is 0 Å². The maximum atomic E-state index is 12.5. The number of carboxylic acid groups (broad SMARTS) is 1. The molecule has 2 heterocycles. The van der Waals surface area contributed by atoms with Gasteiger partial charge in [0.1, 0.15) is 5.41 Å². The number of carboxylic acids is 1. The van der Waals surface area contributed by atoms with Crippen molar-refractivity contribution in [2.45, 2.75) is 6.92 Å². The van der Waals surface area contributed by atoms with Crippen molar-refractivity contribution >= 4 is 23.5 Å². The Morgan fingerprint density at radius 3 is 2.38 bits per heavy atom. The van der Waals surface area contributed by atoms with Crippen LogP contribution < -0.4 is 5.32 Å². The molecule has 2 atom stereocenters. The van der Waals surface area contributed by atoms with Gasteiger partial charge in [-0.3, -0.25) is 9.59 Å². The van der Waals surface area contributed by atoms with Gasteiger partial charge in [-0.25, -0.2) is 4.79 Å². The summed E-state index contributed by atoms with van der Waals surface area (Å²) in [5.74, 6) is -0.920. The normalized spacial score (nSPS) is 26.2. The minimum Gasteiger partial charge on any atom is -0.481 e. The van der Waals surface area contributed by atoms with E-state index in [-0.39, 0.29) is 24.3 Å². The quantitative estimate of drug-likeness (QED) is 0.817. The maximum Gasteiger partial charge on any atom is 0.321 e. The van der Waals surface area contributed by atoms with Gasteiger partial charge in [0.2, 0.25) is 0 Å². The summed E-state index contributed by atoms with van der Waals surface area (Å²) in [5, 5.41) is 12.4. The zero-order valence-corrected chi connectivity index (χ0v) is 13.8. The number of nitrogens with zero attached hydrogens (tertiary/aromatic N) is 2. The molecule has 0 spiro atoms. The first-order chi connectivity index (χ1) is 11.3. The van der Waals surface area contributed by atoms with Crippen molar-refractivity contribution < 1.29 is 19.5 Å². The molecule has 2 fully saturated rings. The number of carbonyl (C=O) groups is 3. The number of nitrogens with one attached hydrogen (secondary N) is 1. The van der Waals surface area contributed by atoms with E-state index in [1.165, 1.54) is 6.92 Å². The third-order valence-corrected chi connectivity index (χ3v) is 5.04. The van der Waals surface area contributed by atoms with Gasteiger partial charge in [-0.1, -0.05) is 0 Å². The Kier molecular flexibility index (Phi) is 4.04. The molecule has 0 aromatic heterocycles. The van der Waals surface area contributed by atoms with Crippen molar-refractivity contribution in [3.8, 4) is 0 Å². The number of hydrogen-bond acceptors (Lipinski definition) is 4. The molecule has 0 unspecified atom stereocenters. The van der Waals surface area contributed by atoms with E-state index < -0.39 is 11.4 Å². The topological polar surface area (TPSA) is 90.0 Å². The van der Waals surface area contributed by atoms with Gasteiger partial charge in [0, 0.05) is 43.3 Å². The van der Waals surface area contributed by atoms with Gasteiger partial charge >= 0.3 is 12.0 Å². The minimum atomic E-state index is -0.870. The van der Waals surface area contributed by atoms with Crippen LogP contribution in [0.4, 0.5) is 10.5 Å². The fourth-order valence-electron chi connectivity index (χ4n) is 3.76. The van der Waals surface area contributed by atoms with Crippen LogP contribution in [-0.2, 0) is 4.79 Å². The number of ketones is 1. The van der Waals surface area contributed by atoms with Gasteiger partial charge < -0.3 is 20.2 Å². The highest BCUT2D eigenvalue weighted by molar-refractivity contribution is 5.95. The van der Waals surface area contributed by atoms with E-state index in [4.69, 9.17) is 0 Å². The summed E-state index contributed by atoms with van der Waals surface area (Å²) >= 11 is 0.